The number of amides is 7. The standard InChI is InChI=1S/C42H61N9O10/c1-39(2,3)59-36(56)43-29(32(52)50-23-27-28(24-50)31(27)46-37(57)60-40(4,5)6)22-25-12-14-26(15-13-25)51-17-16-30(45-35(51)55)44-34(54)49-20-18-48(19-21-49)33(53)42(10,11)47-38(58)61-41(7,8)9/h12-17,27-29,31H,18-24H2,1-11H3,(H,43,56)(H,46,57)(H,47,58)(H,44,45,54,55)/t27?,28?,29-,31?/m0/s1. The van der Waals surface area contributed by atoms with Crippen LogP contribution in [0.5, 0.6) is 0 Å². The Morgan fingerprint density at radius 2 is 1.23 bits per heavy atom. The summed E-state index contributed by atoms with van der Waals surface area (Å²) in [5.74, 6) is -0.361. The van der Waals surface area contributed by atoms with Gasteiger partial charge in [-0.2, -0.15) is 4.98 Å². The summed E-state index contributed by atoms with van der Waals surface area (Å²) in [6, 6.07) is 6.85. The molecule has 334 valence electrons. The lowest BCUT2D eigenvalue weighted by Crippen LogP contribution is -2.60. The van der Waals surface area contributed by atoms with Crippen molar-refractivity contribution in [3.05, 3.63) is 52.6 Å². The predicted octanol–water partition coefficient (Wildman–Crippen LogP) is 3.63. The third kappa shape index (κ3) is 12.8. The van der Waals surface area contributed by atoms with Gasteiger partial charge in [0, 0.05) is 69.8 Å². The fraction of sp³-hybridized carbons (Fsp3) is 0.619. The van der Waals surface area contributed by atoms with E-state index in [0.29, 0.717) is 24.3 Å². The molecule has 2 unspecified atom stereocenters. The fourth-order valence-electron chi connectivity index (χ4n) is 7.24. The van der Waals surface area contributed by atoms with E-state index >= 15 is 0 Å². The highest BCUT2D eigenvalue weighted by molar-refractivity contribution is 5.91. The van der Waals surface area contributed by atoms with Crippen molar-refractivity contribution in [2.45, 2.75) is 117 Å². The molecule has 0 bridgehead atoms. The summed E-state index contributed by atoms with van der Waals surface area (Å²) in [6.45, 7) is 20.7. The molecule has 0 spiro atoms. The van der Waals surface area contributed by atoms with Crippen LogP contribution in [0.15, 0.2) is 41.3 Å². The van der Waals surface area contributed by atoms with Crippen LogP contribution in [0.4, 0.5) is 25.0 Å². The van der Waals surface area contributed by atoms with Gasteiger partial charge < -0.3 is 44.9 Å². The molecule has 61 heavy (non-hydrogen) atoms. The molecule has 7 amide bonds. The van der Waals surface area contributed by atoms with E-state index in [1.54, 1.807) is 110 Å². The minimum atomic E-state index is -1.23. The maximum Gasteiger partial charge on any atom is 0.408 e. The number of piperazine rings is 1. The third-order valence-electron chi connectivity index (χ3n) is 10.1. The molecule has 2 saturated heterocycles. The predicted molar refractivity (Wildman–Crippen MR) is 224 cm³/mol. The van der Waals surface area contributed by atoms with E-state index in [0.717, 1.165) is 0 Å². The van der Waals surface area contributed by atoms with Crippen LogP contribution in [-0.2, 0) is 30.2 Å². The van der Waals surface area contributed by atoms with Gasteiger partial charge in [-0.15, -0.1) is 0 Å². The topological polar surface area (TPSA) is 223 Å². The van der Waals surface area contributed by atoms with Gasteiger partial charge in [0.1, 0.15) is 34.2 Å². The molecule has 2 aliphatic heterocycles. The monoisotopic (exact) mass is 851 g/mol. The largest absolute Gasteiger partial charge is 0.444 e. The Kier molecular flexibility index (Phi) is 13.3. The van der Waals surface area contributed by atoms with Crippen LogP contribution in [-0.4, -0.2) is 134 Å². The van der Waals surface area contributed by atoms with Gasteiger partial charge in [-0.05, 0) is 99.9 Å². The van der Waals surface area contributed by atoms with E-state index in [1.807, 2.05) is 0 Å². The van der Waals surface area contributed by atoms with Crippen molar-refractivity contribution >= 4 is 41.9 Å². The van der Waals surface area contributed by atoms with Crippen LogP contribution in [0.3, 0.4) is 0 Å². The lowest BCUT2D eigenvalue weighted by Gasteiger charge is -2.38. The normalized spacial score (nSPS) is 19.5. The minimum Gasteiger partial charge on any atom is -0.444 e. The van der Waals surface area contributed by atoms with Gasteiger partial charge in [-0.25, -0.2) is 24.0 Å². The lowest BCUT2D eigenvalue weighted by atomic mass is 10.0. The highest BCUT2D eigenvalue weighted by Gasteiger charge is 2.58. The molecule has 1 aromatic carbocycles. The number of carbonyl (C=O) groups is 6. The zero-order valence-corrected chi connectivity index (χ0v) is 37.0. The Morgan fingerprint density at radius 3 is 1.77 bits per heavy atom. The number of ether oxygens (including phenoxy) is 3. The van der Waals surface area contributed by atoms with Crippen LogP contribution >= 0.6 is 0 Å². The average molecular weight is 852 g/mol. The number of urea groups is 1. The van der Waals surface area contributed by atoms with Gasteiger partial charge >= 0.3 is 30.0 Å². The number of alkyl carbamates (subject to hydrolysis) is 3. The molecule has 3 aliphatic rings. The molecule has 5 rings (SSSR count). The van der Waals surface area contributed by atoms with E-state index in [1.165, 1.54) is 21.7 Å². The van der Waals surface area contributed by atoms with Gasteiger partial charge in [0.25, 0.3) is 0 Å². The second kappa shape index (κ2) is 17.6. The van der Waals surface area contributed by atoms with E-state index in [4.69, 9.17) is 14.2 Å². The number of rotatable bonds is 9. The van der Waals surface area contributed by atoms with Crippen LogP contribution < -0.4 is 27.0 Å². The maximum absolute atomic E-state index is 13.8. The number of benzene rings is 1. The molecule has 3 fully saturated rings. The molecule has 0 radical (unpaired) electrons. The van der Waals surface area contributed by atoms with E-state index in [-0.39, 0.29) is 68.1 Å². The van der Waals surface area contributed by atoms with Crippen molar-refractivity contribution in [1.82, 2.24) is 40.2 Å². The number of nitrogens with one attached hydrogen (secondary N) is 4. The molecule has 4 N–H and O–H groups in total. The van der Waals surface area contributed by atoms with E-state index in [2.05, 4.69) is 26.3 Å². The Balaban J connectivity index is 1.16. The smallest absolute Gasteiger partial charge is 0.408 e. The first-order valence-electron chi connectivity index (χ1n) is 20.5. The summed E-state index contributed by atoms with van der Waals surface area (Å²) in [5.41, 5.74) is -2.81. The van der Waals surface area contributed by atoms with Crippen LogP contribution in [0.1, 0.15) is 81.7 Å². The Hall–Kier alpha value is -5.88. The number of fused-ring (bicyclic) bond motifs is 1. The number of anilines is 1. The fourth-order valence-corrected chi connectivity index (χ4v) is 7.24. The second-order valence-electron chi connectivity index (χ2n) is 19.2. The van der Waals surface area contributed by atoms with Crippen molar-refractivity contribution < 1.29 is 43.0 Å². The first kappa shape index (κ1) is 46.2. The van der Waals surface area contributed by atoms with Crippen LogP contribution in [0, 0.1) is 11.8 Å². The minimum absolute atomic E-state index is 0.0464. The Labute approximate surface area is 356 Å². The summed E-state index contributed by atoms with van der Waals surface area (Å²) < 4.78 is 17.4. The van der Waals surface area contributed by atoms with Gasteiger partial charge in [-0.1, -0.05) is 12.1 Å². The molecule has 19 heteroatoms. The van der Waals surface area contributed by atoms with E-state index < -0.39 is 58.4 Å². The number of nitrogens with zero attached hydrogens (tertiary/aromatic N) is 5. The van der Waals surface area contributed by atoms with Gasteiger partial charge in [0.05, 0.1) is 5.69 Å². The molecular formula is C42H61N9O10. The highest BCUT2D eigenvalue weighted by Crippen LogP contribution is 2.45. The maximum atomic E-state index is 13.8. The molecule has 2 aromatic rings. The molecule has 3 atom stereocenters. The van der Waals surface area contributed by atoms with Gasteiger partial charge in [0.15, 0.2) is 0 Å². The number of hydrogen-bond donors (Lipinski definition) is 4. The summed E-state index contributed by atoms with van der Waals surface area (Å²) >= 11 is 0. The lowest BCUT2D eigenvalue weighted by molar-refractivity contribution is -0.138. The molecule has 1 aromatic heterocycles. The SMILES string of the molecule is CC(C)(C)OC(=O)NC1C2CN(C(=O)[C@H](Cc3ccc(-n4ccc(NC(=O)N5CCN(C(=O)C(C)(C)NC(=O)OC(C)(C)C)CC5)nc4=O)cc3)NC(=O)OC(C)(C)C)CC21. The number of hydrogen-bond acceptors (Lipinski definition) is 11. The van der Waals surface area contributed by atoms with Crippen molar-refractivity contribution in [3.63, 3.8) is 0 Å². The summed E-state index contributed by atoms with van der Waals surface area (Å²) in [4.78, 5) is 99.6. The highest BCUT2D eigenvalue weighted by atomic mass is 16.6. The third-order valence-corrected chi connectivity index (χ3v) is 10.1. The number of aromatic nitrogens is 2. The first-order chi connectivity index (χ1) is 28.2. The Bertz CT molecular complexity index is 2030. The van der Waals surface area contributed by atoms with Crippen molar-refractivity contribution in [3.8, 4) is 5.69 Å². The number of likely N-dealkylation sites (tertiary alicyclic amines) is 1. The van der Waals surface area contributed by atoms with Crippen molar-refractivity contribution in [2.24, 2.45) is 11.8 Å². The average Bonchev–Trinajstić information content (AvgIpc) is 3.53. The number of piperidine rings is 1. The van der Waals surface area contributed by atoms with Crippen LogP contribution in [0.25, 0.3) is 5.69 Å². The summed E-state index contributed by atoms with van der Waals surface area (Å²) in [5, 5.41) is 10.9. The number of carbonyl (C=O) groups excluding carboxylic acids is 6. The summed E-state index contributed by atoms with van der Waals surface area (Å²) in [6.07, 6.45) is -0.300. The zero-order chi connectivity index (χ0) is 45.2. The molecule has 3 heterocycles. The molecule has 1 saturated carbocycles. The van der Waals surface area contributed by atoms with Crippen molar-refractivity contribution in [2.75, 3.05) is 44.6 Å². The first-order valence-corrected chi connectivity index (χ1v) is 20.5. The molecule has 1 aliphatic carbocycles. The zero-order valence-electron chi connectivity index (χ0n) is 37.0. The Morgan fingerprint density at radius 1 is 0.705 bits per heavy atom. The van der Waals surface area contributed by atoms with Crippen LogP contribution in [0.2, 0.25) is 0 Å². The van der Waals surface area contributed by atoms with Gasteiger partial charge in [-0.3, -0.25) is 19.5 Å². The summed E-state index contributed by atoms with van der Waals surface area (Å²) in [7, 11) is 0. The second-order valence-corrected chi connectivity index (χ2v) is 19.2. The van der Waals surface area contributed by atoms with Gasteiger partial charge in [0.2, 0.25) is 11.8 Å². The molecule has 19 nitrogen and oxygen atoms in total. The molecular weight excluding hydrogens is 791 g/mol. The van der Waals surface area contributed by atoms with Crippen molar-refractivity contribution in [1.29, 1.82) is 0 Å². The quantitative estimate of drug-likeness (QED) is 0.267. The van der Waals surface area contributed by atoms with E-state index in [9.17, 15) is 33.6 Å².